The van der Waals surface area contributed by atoms with Crippen LogP contribution >= 0.6 is 11.3 Å². The van der Waals surface area contributed by atoms with Gasteiger partial charge in [-0.1, -0.05) is 18.7 Å². The van der Waals surface area contributed by atoms with Crippen molar-refractivity contribution in [1.82, 2.24) is 10.1 Å². The molecule has 0 aliphatic carbocycles. The molecule has 2 heterocycles. The second-order valence-corrected chi connectivity index (χ2v) is 9.23. The molecule has 0 atom stereocenters. The van der Waals surface area contributed by atoms with Gasteiger partial charge in [-0.15, -0.1) is 11.3 Å². The van der Waals surface area contributed by atoms with Crippen molar-refractivity contribution in [2.24, 2.45) is 0 Å². The Morgan fingerprint density at radius 3 is 2.66 bits per heavy atom. The lowest BCUT2D eigenvalue weighted by molar-refractivity contribution is 0.305. The molecule has 0 saturated heterocycles. The van der Waals surface area contributed by atoms with Crippen molar-refractivity contribution in [1.29, 1.82) is 0 Å². The minimum Gasteiger partial charge on any atom is -0.497 e. The molecule has 0 aliphatic heterocycles. The van der Waals surface area contributed by atoms with Crippen LogP contribution in [0.3, 0.4) is 0 Å². The van der Waals surface area contributed by atoms with E-state index in [0.29, 0.717) is 16.6 Å². The number of aryl methyl sites for hydroxylation is 1. The summed E-state index contributed by atoms with van der Waals surface area (Å²) in [6.07, 6.45) is 6.56. The van der Waals surface area contributed by atoms with E-state index >= 15 is 0 Å². The van der Waals surface area contributed by atoms with Crippen LogP contribution in [0.15, 0.2) is 75.7 Å². The zero-order valence-corrected chi connectivity index (χ0v) is 19.6. The van der Waals surface area contributed by atoms with Crippen LogP contribution in [0.1, 0.15) is 24.8 Å². The Balaban J connectivity index is 1.65. The summed E-state index contributed by atoms with van der Waals surface area (Å²) >= 11 is 1.42. The Bertz CT molecular complexity index is 1240. The molecule has 0 radical (unpaired) electrons. The highest BCUT2D eigenvalue weighted by Gasteiger charge is 2.16. The summed E-state index contributed by atoms with van der Waals surface area (Å²) in [5.74, 6) is 1.42. The van der Waals surface area contributed by atoms with Crippen molar-refractivity contribution in [3.8, 4) is 0 Å². The Kier molecular flexibility index (Phi) is 7.49. The van der Waals surface area contributed by atoms with Gasteiger partial charge in [0.05, 0.1) is 17.7 Å². The molecule has 3 aromatic rings. The molecule has 1 aromatic carbocycles. The smallest absolute Gasteiger partial charge is 0.263 e. The number of hydrogen-bond acceptors (Lipinski definition) is 8. The van der Waals surface area contributed by atoms with Gasteiger partial charge >= 0.3 is 0 Å². The zero-order valence-electron chi connectivity index (χ0n) is 18.0. The number of aromatic nitrogens is 2. The van der Waals surface area contributed by atoms with Crippen LogP contribution in [0.5, 0.6) is 0 Å². The summed E-state index contributed by atoms with van der Waals surface area (Å²) < 4.78 is 37.5. The van der Waals surface area contributed by atoms with Gasteiger partial charge in [-0.3, -0.25) is 4.72 Å². The summed E-state index contributed by atoms with van der Waals surface area (Å²) in [4.78, 5) is 4.64. The van der Waals surface area contributed by atoms with E-state index in [2.05, 4.69) is 26.8 Å². The van der Waals surface area contributed by atoms with Crippen LogP contribution < -0.4 is 10.0 Å². The monoisotopic (exact) mass is 472 g/mol. The number of anilines is 3. The zero-order chi connectivity index (χ0) is 23.1. The predicted molar refractivity (Wildman–Crippen MR) is 127 cm³/mol. The summed E-state index contributed by atoms with van der Waals surface area (Å²) in [6.45, 7) is 7.77. The molecule has 2 N–H and O–H groups in total. The van der Waals surface area contributed by atoms with E-state index in [1.165, 1.54) is 29.5 Å². The number of ether oxygens (including phenoxy) is 1. The maximum atomic E-state index is 12.5. The lowest BCUT2D eigenvalue weighted by Gasteiger charge is -2.07. The maximum Gasteiger partial charge on any atom is 0.263 e. The van der Waals surface area contributed by atoms with Gasteiger partial charge in [-0.25, -0.2) is 13.4 Å². The predicted octanol–water partition coefficient (Wildman–Crippen LogP) is 5.49. The van der Waals surface area contributed by atoms with E-state index in [1.807, 2.05) is 30.5 Å². The van der Waals surface area contributed by atoms with Crippen molar-refractivity contribution in [2.45, 2.75) is 25.2 Å². The third-order valence-electron chi connectivity index (χ3n) is 4.21. The van der Waals surface area contributed by atoms with Gasteiger partial charge < -0.3 is 14.6 Å². The second kappa shape index (κ2) is 10.3. The van der Waals surface area contributed by atoms with E-state index in [1.54, 1.807) is 26.2 Å². The van der Waals surface area contributed by atoms with Crippen molar-refractivity contribution in [2.75, 3.05) is 17.1 Å². The highest BCUT2D eigenvalue weighted by molar-refractivity contribution is 7.92. The first-order valence-corrected chi connectivity index (χ1v) is 12.1. The molecule has 32 heavy (non-hydrogen) atoms. The lowest BCUT2D eigenvalue weighted by atomic mass is 10.2. The molecule has 2 aromatic heterocycles. The number of nitrogens with zero attached hydrogens (tertiary/aromatic N) is 2. The molecule has 0 fully saturated rings. The van der Waals surface area contributed by atoms with E-state index in [4.69, 9.17) is 9.26 Å². The fourth-order valence-electron chi connectivity index (χ4n) is 2.62. The van der Waals surface area contributed by atoms with Crippen LogP contribution in [-0.2, 0) is 14.8 Å². The van der Waals surface area contributed by atoms with Crippen LogP contribution in [-0.4, -0.2) is 25.7 Å². The van der Waals surface area contributed by atoms with Crippen molar-refractivity contribution in [3.05, 3.63) is 77.7 Å². The van der Waals surface area contributed by atoms with Gasteiger partial charge in [-0.2, -0.15) is 0 Å². The standard InChI is InChI=1S/C22H24N4O4S2/c1-5-6-18(29-4)10-7-15(2)20-14-31-22(24-20)23-17-8-11-19(12-9-17)32(27,28)26-21-13-16(3)30-25-21/h6-14H,2,5H2,1,3-4H3,(H,23,24)(H,25,26)/b10-7-,18-6+. The van der Waals surface area contributed by atoms with Crippen LogP contribution in [0, 0.1) is 6.92 Å². The maximum absolute atomic E-state index is 12.5. The van der Waals surface area contributed by atoms with Gasteiger partial charge in [0.2, 0.25) is 0 Å². The SMILES string of the molecule is C=C(/C=C\C(=C/CC)OC)c1csc(Nc2ccc(S(=O)(=O)Nc3cc(C)on3)cc2)n1. The third-order valence-corrected chi connectivity index (χ3v) is 6.33. The Hall–Kier alpha value is -3.37. The van der Waals surface area contributed by atoms with Gasteiger partial charge in [0.15, 0.2) is 10.9 Å². The average molecular weight is 473 g/mol. The molecular formula is C22H24N4O4S2. The number of sulfonamides is 1. The summed E-state index contributed by atoms with van der Waals surface area (Å²) in [5, 5.41) is 9.38. The molecule has 0 aliphatic rings. The molecule has 3 rings (SSSR count). The fourth-order valence-corrected chi connectivity index (χ4v) is 4.36. The fraction of sp³-hybridized carbons (Fsp3) is 0.182. The number of nitrogens with one attached hydrogen (secondary N) is 2. The van der Waals surface area contributed by atoms with E-state index in [-0.39, 0.29) is 10.7 Å². The van der Waals surface area contributed by atoms with Gasteiger partial charge in [0, 0.05) is 17.1 Å². The summed E-state index contributed by atoms with van der Waals surface area (Å²) in [7, 11) is -2.14. The summed E-state index contributed by atoms with van der Waals surface area (Å²) in [5.41, 5.74) is 2.20. The molecule has 168 valence electrons. The first kappa shape index (κ1) is 23.3. The Morgan fingerprint density at radius 1 is 1.28 bits per heavy atom. The van der Waals surface area contributed by atoms with Crippen molar-refractivity contribution >= 4 is 43.6 Å². The highest BCUT2D eigenvalue weighted by atomic mass is 32.2. The Morgan fingerprint density at radius 2 is 2.03 bits per heavy atom. The highest BCUT2D eigenvalue weighted by Crippen LogP contribution is 2.26. The number of thiazole rings is 1. The van der Waals surface area contributed by atoms with Crippen LogP contribution in [0.2, 0.25) is 0 Å². The largest absolute Gasteiger partial charge is 0.497 e. The second-order valence-electron chi connectivity index (χ2n) is 6.69. The minimum atomic E-state index is -3.76. The number of benzene rings is 1. The first-order valence-electron chi connectivity index (χ1n) is 9.71. The molecule has 0 saturated carbocycles. The minimum absolute atomic E-state index is 0.108. The Labute approximate surface area is 191 Å². The molecule has 0 spiro atoms. The number of methoxy groups -OCH3 is 1. The van der Waals surface area contributed by atoms with Gasteiger partial charge in [-0.05, 0) is 61.4 Å². The number of hydrogen-bond donors (Lipinski definition) is 2. The topological polar surface area (TPSA) is 106 Å². The summed E-state index contributed by atoms with van der Waals surface area (Å²) in [6, 6.07) is 7.84. The van der Waals surface area contributed by atoms with Crippen LogP contribution in [0.25, 0.3) is 5.57 Å². The van der Waals surface area contributed by atoms with Crippen molar-refractivity contribution < 1.29 is 17.7 Å². The van der Waals surface area contributed by atoms with Gasteiger partial charge in [0.25, 0.3) is 10.0 Å². The molecule has 0 unspecified atom stereocenters. The molecule has 0 amide bonds. The molecule has 0 bridgehead atoms. The quantitative estimate of drug-likeness (QED) is 0.297. The van der Waals surface area contributed by atoms with E-state index in [9.17, 15) is 8.42 Å². The molecular weight excluding hydrogens is 448 g/mol. The third kappa shape index (κ3) is 6.08. The molecule has 10 heteroatoms. The normalized spacial score (nSPS) is 12.2. The lowest BCUT2D eigenvalue weighted by Crippen LogP contribution is -2.13. The van der Waals surface area contributed by atoms with Gasteiger partial charge in [0.1, 0.15) is 11.5 Å². The first-order chi connectivity index (χ1) is 15.3. The number of rotatable bonds is 10. The number of allylic oxidation sites excluding steroid dienone is 4. The van der Waals surface area contributed by atoms with E-state index in [0.717, 1.165) is 23.4 Å². The van der Waals surface area contributed by atoms with Crippen molar-refractivity contribution in [3.63, 3.8) is 0 Å². The molecule has 8 nitrogen and oxygen atoms in total. The van der Waals surface area contributed by atoms with Crippen LogP contribution in [0.4, 0.5) is 16.6 Å². The average Bonchev–Trinajstić information content (AvgIpc) is 3.39. The van der Waals surface area contributed by atoms with E-state index < -0.39 is 10.0 Å².